The molecule has 0 spiro atoms. The Labute approximate surface area is 114 Å². The number of aromatic carboxylic acids is 1. The fourth-order valence-corrected chi connectivity index (χ4v) is 2.27. The highest BCUT2D eigenvalue weighted by Crippen LogP contribution is 2.31. The van der Waals surface area contributed by atoms with Crippen molar-refractivity contribution in [3.05, 3.63) is 41.7 Å². The lowest BCUT2D eigenvalue weighted by Crippen LogP contribution is -2.00. The molecule has 19 heavy (non-hydrogen) atoms. The van der Waals surface area contributed by atoms with Gasteiger partial charge in [-0.2, -0.15) is 0 Å². The maximum Gasteiger partial charge on any atom is 0.336 e. The van der Waals surface area contributed by atoms with Crippen LogP contribution in [0.25, 0.3) is 0 Å². The molecule has 0 saturated heterocycles. The second-order valence-electron chi connectivity index (χ2n) is 3.81. The minimum Gasteiger partial charge on any atom is -0.497 e. The van der Waals surface area contributed by atoms with Gasteiger partial charge in [0.2, 0.25) is 0 Å². The van der Waals surface area contributed by atoms with Crippen LogP contribution in [-0.2, 0) is 0 Å². The quantitative estimate of drug-likeness (QED) is 0.865. The van der Waals surface area contributed by atoms with E-state index < -0.39 is 5.97 Å². The fraction of sp³-hybridized carbons (Fsp3) is 0.154. The van der Waals surface area contributed by atoms with Crippen LogP contribution in [0.3, 0.4) is 0 Å². The molecule has 1 aromatic carbocycles. The van der Waals surface area contributed by atoms with Crippen LogP contribution in [0.15, 0.2) is 40.6 Å². The summed E-state index contributed by atoms with van der Waals surface area (Å²) >= 11 is 1.20. The Bertz CT molecular complexity index is 599. The monoisotopic (exact) mass is 276 g/mol. The zero-order valence-electron chi connectivity index (χ0n) is 10.5. The van der Waals surface area contributed by atoms with Crippen LogP contribution in [0, 0.1) is 6.92 Å². The number of hydrogen-bond acceptors (Lipinski definition) is 5. The van der Waals surface area contributed by atoms with E-state index in [1.54, 1.807) is 24.5 Å². The van der Waals surface area contributed by atoms with Crippen molar-refractivity contribution in [1.82, 2.24) is 9.97 Å². The Morgan fingerprint density at radius 2 is 2.00 bits per heavy atom. The first kappa shape index (κ1) is 13.4. The maximum atomic E-state index is 11.2. The van der Waals surface area contributed by atoms with Gasteiger partial charge in [0, 0.05) is 17.3 Å². The summed E-state index contributed by atoms with van der Waals surface area (Å²) in [6.45, 7) is 1.89. The van der Waals surface area contributed by atoms with Crippen LogP contribution in [-0.4, -0.2) is 28.2 Å². The van der Waals surface area contributed by atoms with Crippen LogP contribution in [0.5, 0.6) is 5.75 Å². The van der Waals surface area contributed by atoms with E-state index >= 15 is 0 Å². The molecule has 0 fully saturated rings. The highest BCUT2D eigenvalue weighted by Gasteiger charge is 2.13. The average molecular weight is 276 g/mol. The van der Waals surface area contributed by atoms with E-state index in [1.807, 2.05) is 6.92 Å². The number of nitrogens with zero attached hydrogens (tertiary/aromatic N) is 2. The van der Waals surface area contributed by atoms with Crippen LogP contribution < -0.4 is 4.74 Å². The van der Waals surface area contributed by atoms with Gasteiger partial charge in [-0.1, -0.05) is 0 Å². The third-order valence-corrected chi connectivity index (χ3v) is 3.33. The van der Waals surface area contributed by atoms with E-state index in [0.29, 0.717) is 15.8 Å². The SMILES string of the molecule is COc1ccc(C(=O)O)c(Sc2ncc(C)cn2)c1. The Hall–Kier alpha value is -2.08. The minimum absolute atomic E-state index is 0.204. The van der Waals surface area contributed by atoms with E-state index in [-0.39, 0.29) is 5.56 Å². The number of benzene rings is 1. The van der Waals surface area contributed by atoms with Gasteiger partial charge in [0.1, 0.15) is 5.75 Å². The molecule has 0 aliphatic heterocycles. The molecule has 1 N–H and O–H groups in total. The van der Waals surface area contributed by atoms with Crippen molar-refractivity contribution in [2.75, 3.05) is 7.11 Å². The number of aryl methyl sites for hydroxylation is 1. The van der Waals surface area contributed by atoms with Gasteiger partial charge in [-0.05, 0) is 42.4 Å². The summed E-state index contributed by atoms with van der Waals surface area (Å²) in [7, 11) is 1.53. The molecule has 0 radical (unpaired) electrons. The van der Waals surface area contributed by atoms with Gasteiger partial charge >= 0.3 is 5.97 Å². The molecule has 6 heteroatoms. The highest BCUT2D eigenvalue weighted by atomic mass is 32.2. The fourth-order valence-electron chi connectivity index (χ4n) is 1.42. The predicted octanol–water partition coefficient (Wildman–Crippen LogP) is 2.64. The number of carbonyl (C=O) groups is 1. The summed E-state index contributed by atoms with van der Waals surface area (Å²) in [6, 6.07) is 4.79. The van der Waals surface area contributed by atoms with Crippen molar-refractivity contribution in [3.63, 3.8) is 0 Å². The first-order valence-electron chi connectivity index (χ1n) is 5.48. The number of rotatable bonds is 4. The third-order valence-electron chi connectivity index (χ3n) is 2.38. The molecule has 5 nitrogen and oxygen atoms in total. The number of ether oxygens (including phenoxy) is 1. The van der Waals surface area contributed by atoms with E-state index in [1.165, 1.54) is 24.9 Å². The van der Waals surface area contributed by atoms with Gasteiger partial charge in [0.25, 0.3) is 0 Å². The summed E-state index contributed by atoms with van der Waals surface area (Å²) in [5, 5.41) is 9.66. The number of aromatic nitrogens is 2. The second-order valence-corrected chi connectivity index (χ2v) is 4.82. The predicted molar refractivity (Wildman–Crippen MR) is 70.8 cm³/mol. The normalized spacial score (nSPS) is 10.2. The summed E-state index contributed by atoms with van der Waals surface area (Å²) in [5.74, 6) is -0.392. The van der Waals surface area contributed by atoms with E-state index in [4.69, 9.17) is 9.84 Å². The average Bonchev–Trinajstić information content (AvgIpc) is 2.41. The molecule has 0 unspecified atom stereocenters. The van der Waals surface area contributed by atoms with Crippen LogP contribution in [0.2, 0.25) is 0 Å². The standard InChI is InChI=1S/C13H12N2O3S/c1-8-6-14-13(15-7-8)19-11-5-9(18-2)3-4-10(11)12(16)17/h3-7H,1-2H3,(H,16,17). The van der Waals surface area contributed by atoms with Gasteiger partial charge in [-0.3, -0.25) is 0 Å². The zero-order valence-corrected chi connectivity index (χ0v) is 11.3. The van der Waals surface area contributed by atoms with Gasteiger partial charge in [0.05, 0.1) is 12.7 Å². The van der Waals surface area contributed by atoms with Crippen molar-refractivity contribution in [2.24, 2.45) is 0 Å². The molecule has 0 aliphatic rings. The molecule has 98 valence electrons. The molecule has 0 bridgehead atoms. The van der Waals surface area contributed by atoms with Crippen LogP contribution in [0.1, 0.15) is 15.9 Å². The van der Waals surface area contributed by atoms with Crippen molar-refractivity contribution in [1.29, 1.82) is 0 Å². The second kappa shape index (κ2) is 5.71. The summed E-state index contributed by atoms with van der Waals surface area (Å²) in [5.41, 5.74) is 1.16. The smallest absolute Gasteiger partial charge is 0.336 e. The Balaban J connectivity index is 2.36. The van der Waals surface area contributed by atoms with E-state index in [2.05, 4.69) is 9.97 Å². The van der Waals surface area contributed by atoms with Crippen molar-refractivity contribution >= 4 is 17.7 Å². The van der Waals surface area contributed by atoms with Crippen molar-refractivity contribution < 1.29 is 14.6 Å². The molecule has 1 aromatic heterocycles. The number of carboxylic acid groups (broad SMARTS) is 1. The first-order valence-corrected chi connectivity index (χ1v) is 6.29. The summed E-state index contributed by atoms with van der Waals surface area (Å²) < 4.78 is 5.10. The van der Waals surface area contributed by atoms with Gasteiger partial charge < -0.3 is 9.84 Å². The van der Waals surface area contributed by atoms with Crippen molar-refractivity contribution in [3.8, 4) is 5.75 Å². The van der Waals surface area contributed by atoms with Gasteiger partial charge in [0.15, 0.2) is 5.16 Å². The molecule has 0 aliphatic carbocycles. The number of methoxy groups -OCH3 is 1. The summed E-state index contributed by atoms with van der Waals surface area (Å²) in [4.78, 5) is 20.0. The topological polar surface area (TPSA) is 72.3 Å². The molecular weight excluding hydrogens is 264 g/mol. The highest BCUT2D eigenvalue weighted by molar-refractivity contribution is 7.99. The molecule has 1 heterocycles. The third kappa shape index (κ3) is 3.23. The van der Waals surface area contributed by atoms with E-state index in [9.17, 15) is 4.79 Å². The molecular formula is C13H12N2O3S. The van der Waals surface area contributed by atoms with Crippen LogP contribution >= 0.6 is 11.8 Å². The van der Waals surface area contributed by atoms with Gasteiger partial charge in [-0.15, -0.1) is 0 Å². The Morgan fingerprint density at radius 1 is 1.32 bits per heavy atom. The lowest BCUT2D eigenvalue weighted by atomic mass is 10.2. The molecule has 0 saturated carbocycles. The number of hydrogen-bond donors (Lipinski definition) is 1. The minimum atomic E-state index is -0.989. The van der Waals surface area contributed by atoms with E-state index in [0.717, 1.165) is 5.56 Å². The zero-order chi connectivity index (χ0) is 13.8. The van der Waals surface area contributed by atoms with Gasteiger partial charge in [-0.25, -0.2) is 14.8 Å². The Kier molecular flexibility index (Phi) is 4.01. The molecule has 0 atom stereocenters. The first-order chi connectivity index (χ1) is 9.10. The molecule has 2 rings (SSSR count). The maximum absolute atomic E-state index is 11.2. The molecule has 0 amide bonds. The molecule has 2 aromatic rings. The largest absolute Gasteiger partial charge is 0.497 e. The number of carboxylic acids is 1. The van der Waals surface area contributed by atoms with Crippen LogP contribution in [0.4, 0.5) is 0 Å². The summed E-state index contributed by atoms with van der Waals surface area (Å²) in [6.07, 6.45) is 3.38. The lowest BCUT2D eigenvalue weighted by Gasteiger charge is -2.07. The Morgan fingerprint density at radius 3 is 2.58 bits per heavy atom. The van der Waals surface area contributed by atoms with Crippen molar-refractivity contribution in [2.45, 2.75) is 17.0 Å². The lowest BCUT2D eigenvalue weighted by molar-refractivity contribution is 0.0693.